The van der Waals surface area contributed by atoms with Crippen molar-refractivity contribution in [3.8, 4) is 23.4 Å². The molecule has 0 aliphatic carbocycles. The van der Waals surface area contributed by atoms with Gasteiger partial charge in [-0.2, -0.15) is 10.2 Å². The van der Waals surface area contributed by atoms with Gasteiger partial charge in [-0.15, -0.1) is 0 Å². The number of hydrogen-bond donors (Lipinski definition) is 1. The predicted molar refractivity (Wildman–Crippen MR) is 128 cm³/mol. The lowest BCUT2D eigenvalue weighted by Gasteiger charge is -2.10. The Hall–Kier alpha value is -4.61. The van der Waals surface area contributed by atoms with E-state index in [-0.39, 0.29) is 17.0 Å². The molecule has 168 valence electrons. The molecule has 0 fully saturated rings. The van der Waals surface area contributed by atoms with Crippen LogP contribution in [0.1, 0.15) is 5.56 Å². The van der Waals surface area contributed by atoms with E-state index in [9.17, 15) is 14.9 Å². The Morgan fingerprint density at radius 1 is 1.12 bits per heavy atom. The second-order valence-electron chi connectivity index (χ2n) is 6.98. The normalized spacial score (nSPS) is 11.0. The molecular formula is C25H17ClN4O4. The molecule has 0 unspecified atom stereocenters. The maximum absolute atomic E-state index is 13.2. The number of nitrogens with one attached hydrogen (secondary N) is 1. The molecule has 0 aliphatic rings. The van der Waals surface area contributed by atoms with E-state index in [0.29, 0.717) is 27.9 Å². The van der Waals surface area contributed by atoms with Gasteiger partial charge in [0.15, 0.2) is 0 Å². The molecule has 0 atom stereocenters. The van der Waals surface area contributed by atoms with Gasteiger partial charge in [0.1, 0.15) is 34.4 Å². The van der Waals surface area contributed by atoms with E-state index in [1.165, 1.54) is 17.7 Å². The van der Waals surface area contributed by atoms with Gasteiger partial charge in [0.05, 0.1) is 7.11 Å². The van der Waals surface area contributed by atoms with Gasteiger partial charge in [-0.05, 0) is 54.6 Å². The van der Waals surface area contributed by atoms with Gasteiger partial charge >= 0.3 is 0 Å². The highest BCUT2D eigenvalue weighted by Gasteiger charge is 2.17. The summed E-state index contributed by atoms with van der Waals surface area (Å²) in [5, 5.41) is 12.8. The Labute approximate surface area is 199 Å². The first kappa shape index (κ1) is 22.6. The molecule has 2 aromatic heterocycles. The third-order valence-corrected chi connectivity index (χ3v) is 5.00. The molecule has 0 spiro atoms. The van der Waals surface area contributed by atoms with Crippen LogP contribution in [0.25, 0.3) is 11.7 Å². The maximum atomic E-state index is 13.2. The number of pyridine rings is 1. The quantitative estimate of drug-likeness (QED) is 0.322. The van der Waals surface area contributed by atoms with Crippen LogP contribution in [0.15, 0.2) is 83.3 Å². The number of nitriles is 1. The van der Waals surface area contributed by atoms with Gasteiger partial charge in [-0.25, -0.2) is 0 Å². The highest BCUT2D eigenvalue weighted by atomic mass is 35.5. The highest BCUT2D eigenvalue weighted by Crippen LogP contribution is 2.25. The molecule has 4 rings (SSSR count). The zero-order valence-electron chi connectivity index (χ0n) is 17.9. The summed E-state index contributed by atoms with van der Waals surface area (Å²) in [6.45, 7) is 0. The third-order valence-electron chi connectivity index (χ3n) is 4.74. The molecular weight excluding hydrogens is 456 g/mol. The van der Waals surface area contributed by atoms with Crippen molar-refractivity contribution in [2.24, 2.45) is 0 Å². The van der Waals surface area contributed by atoms with Crippen molar-refractivity contribution in [2.45, 2.75) is 0 Å². The van der Waals surface area contributed by atoms with Crippen LogP contribution in [-0.2, 0) is 4.79 Å². The van der Waals surface area contributed by atoms with Crippen molar-refractivity contribution in [1.29, 1.82) is 5.26 Å². The summed E-state index contributed by atoms with van der Waals surface area (Å²) in [6.07, 6.45) is 2.70. The molecule has 0 saturated carbocycles. The molecule has 0 aliphatic heterocycles. The van der Waals surface area contributed by atoms with E-state index in [4.69, 9.17) is 21.1 Å². The monoisotopic (exact) mass is 472 g/mol. The molecule has 34 heavy (non-hydrogen) atoms. The van der Waals surface area contributed by atoms with Crippen LogP contribution in [0.5, 0.6) is 17.4 Å². The fourth-order valence-corrected chi connectivity index (χ4v) is 3.22. The molecule has 2 heterocycles. The number of fused-ring (bicyclic) bond motifs is 1. The van der Waals surface area contributed by atoms with E-state index >= 15 is 0 Å². The number of ether oxygens (including phenoxy) is 2. The van der Waals surface area contributed by atoms with Crippen LogP contribution >= 0.6 is 11.6 Å². The molecule has 4 aromatic rings. The smallest absolute Gasteiger partial charge is 0.269 e. The van der Waals surface area contributed by atoms with Crippen molar-refractivity contribution in [1.82, 2.24) is 9.38 Å². The molecule has 1 N–H and O–H groups in total. The first-order valence-electron chi connectivity index (χ1n) is 10.0. The number of anilines is 1. The lowest BCUT2D eigenvalue weighted by atomic mass is 10.1. The van der Waals surface area contributed by atoms with E-state index in [0.717, 1.165) is 6.08 Å². The summed E-state index contributed by atoms with van der Waals surface area (Å²) in [5.74, 6) is 0.160. The van der Waals surface area contributed by atoms with Gasteiger partial charge in [-0.1, -0.05) is 23.7 Å². The summed E-state index contributed by atoms with van der Waals surface area (Å²) in [4.78, 5) is 30.4. The standard InChI is InChI=1S/C25H17ClN4O4/c1-33-20-6-4-5-18(14-20)28-23(31)16(15-27)13-21-24(34-19-10-8-17(26)9-11-19)29-22-7-2-3-12-30(22)25(21)32/h2-14H,1H3,(H,28,31)/b16-13+. The Morgan fingerprint density at radius 3 is 2.65 bits per heavy atom. The first-order chi connectivity index (χ1) is 16.5. The lowest BCUT2D eigenvalue weighted by molar-refractivity contribution is -0.112. The summed E-state index contributed by atoms with van der Waals surface area (Å²) in [5.41, 5.74) is -0.101. The average Bonchev–Trinajstić information content (AvgIpc) is 2.85. The van der Waals surface area contributed by atoms with E-state index in [2.05, 4.69) is 10.3 Å². The lowest BCUT2D eigenvalue weighted by Crippen LogP contribution is -2.20. The largest absolute Gasteiger partial charge is 0.497 e. The van der Waals surface area contributed by atoms with Gasteiger partial charge in [0.2, 0.25) is 5.88 Å². The average molecular weight is 473 g/mol. The second kappa shape index (κ2) is 9.90. The molecule has 2 aromatic carbocycles. The number of aromatic nitrogens is 2. The number of carbonyl (C=O) groups excluding carboxylic acids is 1. The summed E-state index contributed by atoms with van der Waals surface area (Å²) in [6, 6.07) is 20.0. The number of rotatable bonds is 6. The predicted octanol–water partition coefficient (Wildman–Crippen LogP) is 4.69. The summed E-state index contributed by atoms with van der Waals surface area (Å²) < 4.78 is 12.3. The van der Waals surface area contributed by atoms with Crippen molar-refractivity contribution >= 4 is 34.9 Å². The van der Waals surface area contributed by atoms with Crippen molar-refractivity contribution in [3.05, 3.63) is 99.4 Å². The molecule has 1 amide bonds. The van der Waals surface area contributed by atoms with Gasteiger partial charge in [0, 0.05) is 23.0 Å². The number of amides is 1. The number of carbonyl (C=O) groups is 1. The minimum Gasteiger partial charge on any atom is -0.497 e. The van der Waals surface area contributed by atoms with Crippen LogP contribution in [0.4, 0.5) is 5.69 Å². The molecule has 8 nitrogen and oxygen atoms in total. The van der Waals surface area contributed by atoms with E-state index in [1.807, 2.05) is 6.07 Å². The van der Waals surface area contributed by atoms with E-state index < -0.39 is 11.5 Å². The molecule has 0 saturated heterocycles. The van der Waals surface area contributed by atoms with Gasteiger partial charge < -0.3 is 14.8 Å². The number of hydrogen-bond acceptors (Lipinski definition) is 6. The van der Waals surface area contributed by atoms with Crippen LogP contribution in [0.3, 0.4) is 0 Å². The zero-order valence-corrected chi connectivity index (χ0v) is 18.6. The van der Waals surface area contributed by atoms with Crippen LogP contribution in [0.2, 0.25) is 5.02 Å². The van der Waals surface area contributed by atoms with Crippen molar-refractivity contribution in [2.75, 3.05) is 12.4 Å². The summed E-state index contributed by atoms with van der Waals surface area (Å²) in [7, 11) is 1.50. The SMILES string of the molecule is COc1cccc(NC(=O)/C(C#N)=C/c2c(Oc3ccc(Cl)cc3)nc3ccccn3c2=O)c1. The van der Waals surface area contributed by atoms with Crippen LogP contribution in [0, 0.1) is 11.3 Å². The molecule has 0 radical (unpaired) electrons. The maximum Gasteiger partial charge on any atom is 0.269 e. The van der Waals surface area contributed by atoms with Crippen LogP contribution in [-0.4, -0.2) is 22.4 Å². The molecule has 9 heteroatoms. The Balaban J connectivity index is 1.78. The van der Waals surface area contributed by atoms with Crippen molar-refractivity contribution < 1.29 is 14.3 Å². The number of nitrogens with zero attached hydrogens (tertiary/aromatic N) is 3. The number of methoxy groups -OCH3 is 1. The third kappa shape index (κ3) is 4.90. The minimum absolute atomic E-state index is 0.0551. The first-order valence-corrected chi connectivity index (χ1v) is 10.4. The van der Waals surface area contributed by atoms with Gasteiger partial charge in [-0.3, -0.25) is 14.0 Å². The Morgan fingerprint density at radius 2 is 1.91 bits per heavy atom. The Kier molecular flexibility index (Phi) is 6.57. The van der Waals surface area contributed by atoms with E-state index in [1.54, 1.807) is 66.7 Å². The zero-order chi connectivity index (χ0) is 24.1. The fraction of sp³-hybridized carbons (Fsp3) is 0.0400. The topological polar surface area (TPSA) is 106 Å². The summed E-state index contributed by atoms with van der Waals surface area (Å²) >= 11 is 5.93. The Bertz CT molecular complexity index is 1500. The van der Waals surface area contributed by atoms with Crippen molar-refractivity contribution in [3.63, 3.8) is 0 Å². The number of halogens is 1. The second-order valence-corrected chi connectivity index (χ2v) is 7.41. The highest BCUT2D eigenvalue weighted by molar-refractivity contribution is 6.30. The molecule has 0 bridgehead atoms. The fourth-order valence-electron chi connectivity index (χ4n) is 3.09. The van der Waals surface area contributed by atoms with Crippen LogP contribution < -0.4 is 20.3 Å². The minimum atomic E-state index is -0.703. The number of benzene rings is 2. The van der Waals surface area contributed by atoms with Gasteiger partial charge in [0.25, 0.3) is 11.5 Å².